The second-order valence-electron chi connectivity index (χ2n) is 4.02. The van der Waals surface area contributed by atoms with Crippen LogP contribution in [0, 0.1) is 11.3 Å². The monoisotopic (exact) mass is 280 g/mol. The molecule has 0 amide bonds. The summed E-state index contributed by atoms with van der Waals surface area (Å²) in [6, 6.07) is 5.47. The normalized spacial score (nSPS) is 10.1. The van der Waals surface area contributed by atoms with Crippen LogP contribution in [0.4, 0.5) is 5.69 Å². The average molecular weight is 280 g/mol. The first-order chi connectivity index (χ1) is 9.72. The molecule has 0 aromatic heterocycles. The van der Waals surface area contributed by atoms with Crippen molar-refractivity contribution in [2.75, 3.05) is 46.4 Å². The Hall–Kier alpha value is -1.97. The van der Waals surface area contributed by atoms with Gasteiger partial charge in [0.1, 0.15) is 13.2 Å². The summed E-state index contributed by atoms with van der Waals surface area (Å²) < 4.78 is 21.0. The molecule has 0 bridgehead atoms. The third-order valence-corrected chi connectivity index (χ3v) is 2.57. The Morgan fingerprint density at radius 2 is 1.55 bits per heavy atom. The molecule has 0 saturated carbocycles. The van der Waals surface area contributed by atoms with Crippen LogP contribution >= 0.6 is 0 Å². The molecule has 0 aliphatic heterocycles. The van der Waals surface area contributed by atoms with Gasteiger partial charge in [0, 0.05) is 26.0 Å². The summed E-state index contributed by atoms with van der Waals surface area (Å²) in [6.45, 7) is 1.73. The molecule has 0 atom stereocenters. The molecule has 2 N–H and O–H groups in total. The Morgan fingerprint density at radius 3 is 2.05 bits per heavy atom. The summed E-state index contributed by atoms with van der Waals surface area (Å²) in [5.41, 5.74) is 7.13. The van der Waals surface area contributed by atoms with Crippen LogP contribution in [0.5, 0.6) is 11.5 Å². The number of ether oxygens (including phenoxy) is 4. The summed E-state index contributed by atoms with van der Waals surface area (Å²) in [6.07, 6.45) is 0.227. The van der Waals surface area contributed by atoms with Crippen molar-refractivity contribution in [3.05, 3.63) is 17.7 Å². The molecule has 6 nitrogen and oxygen atoms in total. The molecule has 6 heteroatoms. The minimum absolute atomic E-state index is 0.227. The number of hydrogen-bond donors (Lipinski definition) is 1. The molecule has 0 unspecified atom stereocenters. The van der Waals surface area contributed by atoms with Crippen LogP contribution in [0.15, 0.2) is 12.1 Å². The van der Waals surface area contributed by atoms with Crippen LogP contribution < -0.4 is 15.2 Å². The van der Waals surface area contributed by atoms with Gasteiger partial charge in [0.2, 0.25) is 0 Å². The predicted molar refractivity (Wildman–Crippen MR) is 74.9 cm³/mol. The highest BCUT2D eigenvalue weighted by Crippen LogP contribution is 2.32. The summed E-state index contributed by atoms with van der Waals surface area (Å²) in [5, 5.41) is 8.78. The van der Waals surface area contributed by atoms with E-state index in [1.807, 2.05) is 0 Å². The summed E-state index contributed by atoms with van der Waals surface area (Å²) in [4.78, 5) is 0. The second kappa shape index (κ2) is 9.02. The van der Waals surface area contributed by atoms with Gasteiger partial charge in [0.15, 0.2) is 11.5 Å². The van der Waals surface area contributed by atoms with Gasteiger partial charge >= 0.3 is 0 Å². The van der Waals surface area contributed by atoms with Crippen LogP contribution in [0.1, 0.15) is 5.56 Å². The van der Waals surface area contributed by atoms with E-state index in [1.54, 1.807) is 26.4 Å². The molecule has 0 heterocycles. The quantitative estimate of drug-likeness (QED) is 0.543. The van der Waals surface area contributed by atoms with E-state index in [2.05, 4.69) is 6.07 Å². The SMILES string of the molecule is COCCOc1cc(N)c(CC#N)cc1OCCOC. The highest BCUT2D eigenvalue weighted by molar-refractivity contribution is 5.58. The highest BCUT2D eigenvalue weighted by atomic mass is 16.5. The van der Waals surface area contributed by atoms with Gasteiger partial charge in [-0.1, -0.05) is 0 Å². The molecule has 20 heavy (non-hydrogen) atoms. The number of nitrogens with zero attached hydrogens (tertiary/aromatic N) is 1. The Morgan fingerprint density at radius 1 is 1.00 bits per heavy atom. The fourth-order valence-electron chi connectivity index (χ4n) is 1.55. The topological polar surface area (TPSA) is 86.7 Å². The minimum atomic E-state index is 0.227. The Bertz CT molecular complexity index is 457. The highest BCUT2D eigenvalue weighted by Gasteiger charge is 2.11. The molecular weight excluding hydrogens is 260 g/mol. The largest absolute Gasteiger partial charge is 0.487 e. The summed E-state index contributed by atoms with van der Waals surface area (Å²) >= 11 is 0. The molecule has 110 valence electrons. The van der Waals surface area contributed by atoms with E-state index in [1.165, 1.54) is 0 Å². The molecule has 0 aliphatic rings. The maximum atomic E-state index is 8.78. The number of hydrogen-bond acceptors (Lipinski definition) is 6. The van der Waals surface area contributed by atoms with E-state index in [-0.39, 0.29) is 6.42 Å². The molecule has 1 rings (SSSR count). The Kier molecular flexibility index (Phi) is 7.25. The number of benzene rings is 1. The van der Waals surface area contributed by atoms with Crippen molar-refractivity contribution in [2.24, 2.45) is 0 Å². The first-order valence-corrected chi connectivity index (χ1v) is 6.25. The van der Waals surface area contributed by atoms with Gasteiger partial charge in [-0.2, -0.15) is 5.26 Å². The maximum absolute atomic E-state index is 8.78. The number of nitrogen functional groups attached to an aromatic ring is 1. The lowest BCUT2D eigenvalue weighted by atomic mass is 10.1. The molecule has 1 aromatic rings. The van der Waals surface area contributed by atoms with Crippen LogP contribution in [0.25, 0.3) is 0 Å². The zero-order valence-electron chi connectivity index (χ0n) is 11.8. The number of methoxy groups -OCH3 is 2. The summed E-state index contributed by atoms with van der Waals surface area (Å²) in [7, 11) is 3.20. The van der Waals surface area contributed by atoms with E-state index < -0.39 is 0 Å². The zero-order chi connectivity index (χ0) is 14.8. The van der Waals surface area contributed by atoms with Crippen molar-refractivity contribution in [1.82, 2.24) is 0 Å². The number of anilines is 1. The van der Waals surface area contributed by atoms with Crippen molar-refractivity contribution < 1.29 is 18.9 Å². The van der Waals surface area contributed by atoms with Crippen LogP contribution in [-0.2, 0) is 15.9 Å². The molecule has 0 aliphatic carbocycles. The smallest absolute Gasteiger partial charge is 0.163 e. The van der Waals surface area contributed by atoms with Crippen LogP contribution in [0.2, 0.25) is 0 Å². The fraction of sp³-hybridized carbons (Fsp3) is 0.500. The third kappa shape index (κ3) is 4.96. The fourth-order valence-corrected chi connectivity index (χ4v) is 1.55. The molecule has 0 saturated heterocycles. The number of nitriles is 1. The predicted octanol–water partition coefficient (Wildman–Crippen LogP) is 1.39. The maximum Gasteiger partial charge on any atom is 0.163 e. The minimum Gasteiger partial charge on any atom is -0.487 e. The van der Waals surface area contributed by atoms with E-state index in [0.29, 0.717) is 43.6 Å². The van der Waals surface area contributed by atoms with Crippen molar-refractivity contribution in [3.8, 4) is 17.6 Å². The van der Waals surface area contributed by atoms with Gasteiger partial charge in [0.25, 0.3) is 0 Å². The summed E-state index contributed by atoms with van der Waals surface area (Å²) in [5.74, 6) is 1.09. The number of rotatable bonds is 9. The van der Waals surface area contributed by atoms with Gasteiger partial charge in [-0.3, -0.25) is 0 Å². The van der Waals surface area contributed by atoms with Gasteiger partial charge in [-0.25, -0.2) is 0 Å². The van der Waals surface area contributed by atoms with Crippen LogP contribution in [0.3, 0.4) is 0 Å². The van der Waals surface area contributed by atoms with Crippen LogP contribution in [-0.4, -0.2) is 40.6 Å². The molecular formula is C14H20N2O4. The van der Waals surface area contributed by atoms with Gasteiger partial charge in [0.05, 0.1) is 25.7 Å². The van der Waals surface area contributed by atoms with Crippen molar-refractivity contribution in [2.45, 2.75) is 6.42 Å². The van der Waals surface area contributed by atoms with Crippen molar-refractivity contribution >= 4 is 5.69 Å². The lowest BCUT2D eigenvalue weighted by molar-refractivity contribution is 0.132. The van der Waals surface area contributed by atoms with Crippen molar-refractivity contribution in [1.29, 1.82) is 5.26 Å². The first kappa shape index (κ1) is 16.1. The standard InChI is InChI=1S/C14H20N2O4/c1-17-5-7-19-13-9-11(3-4-15)12(16)10-14(13)20-8-6-18-2/h9-10H,3,5-8,16H2,1-2H3. The molecule has 0 radical (unpaired) electrons. The average Bonchev–Trinajstić information content (AvgIpc) is 2.44. The number of nitrogens with two attached hydrogens (primary N) is 1. The van der Waals surface area contributed by atoms with E-state index in [4.69, 9.17) is 29.9 Å². The third-order valence-electron chi connectivity index (χ3n) is 2.57. The first-order valence-electron chi connectivity index (χ1n) is 6.25. The Balaban J connectivity index is 2.87. The van der Waals surface area contributed by atoms with E-state index in [0.717, 1.165) is 5.56 Å². The van der Waals surface area contributed by atoms with E-state index in [9.17, 15) is 0 Å². The Labute approximate surface area is 119 Å². The molecule has 1 aromatic carbocycles. The van der Waals surface area contributed by atoms with E-state index >= 15 is 0 Å². The van der Waals surface area contributed by atoms with Crippen molar-refractivity contribution in [3.63, 3.8) is 0 Å². The zero-order valence-corrected chi connectivity index (χ0v) is 11.8. The lowest BCUT2D eigenvalue weighted by Crippen LogP contribution is -2.09. The lowest BCUT2D eigenvalue weighted by Gasteiger charge is -2.15. The second-order valence-corrected chi connectivity index (χ2v) is 4.02. The molecule has 0 spiro atoms. The van der Waals surface area contributed by atoms with Gasteiger partial charge in [-0.05, 0) is 11.6 Å². The van der Waals surface area contributed by atoms with Gasteiger partial charge < -0.3 is 24.7 Å². The van der Waals surface area contributed by atoms with Gasteiger partial charge in [-0.15, -0.1) is 0 Å². The molecule has 0 fully saturated rings.